The van der Waals surface area contributed by atoms with Crippen molar-refractivity contribution in [2.45, 2.75) is 12.6 Å². The van der Waals surface area contributed by atoms with Crippen molar-refractivity contribution in [3.05, 3.63) is 54.4 Å². The number of ether oxygens (including phenoxy) is 1. The van der Waals surface area contributed by atoms with Crippen LogP contribution < -0.4 is 0 Å². The van der Waals surface area contributed by atoms with Crippen LogP contribution in [0.15, 0.2) is 42.9 Å². The molecule has 1 saturated heterocycles. The molecular formula is C17H19N5O. The number of rotatable bonds is 3. The quantitative estimate of drug-likeness (QED) is 0.740. The van der Waals surface area contributed by atoms with Crippen LogP contribution in [-0.4, -0.2) is 44.1 Å². The van der Waals surface area contributed by atoms with Gasteiger partial charge in [0.15, 0.2) is 0 Å². The lowest BCUT2D eigenvalue weighted by molar-refractivity contribution is -0.0360. The molecule has 1 aliphatic rings. The highest BCUT2D eigenvalue weighted by molar-refractivity contribution is 5.75. The number of para-hydroxylation sites is 2. The topological polar surface area (TPSA) is 56.1 Å². The molecule has 1 fully saturated rings. The molecule has 0 N–H and O–H groups in total. The van der Waals surface area contributed by atoms with Crippen molar-refractivity contribution in [3.63, 3.8) is 0 Å². The molecule has 1 aliphatic heterocycles. The summed E-state index contributed by atoms with van der Waals surface area (Å²) in [5.74, 6) is 1.07. The fraction of sp³-hybridized carbons (Fsp3) is 0.353. The maximum Gasteiger partial charge on any atom is 0.123 e. The summed E-state index contributed by atoms with van der Waals surface area (Å²) in [4.78, 5) is 15.6. The standard InChI is InChI=1S/C17H19N5O/c1-21-15-5-3-2-4-13(15)20-17(21)12-22-8-9-23-16(11-22)14-10-18-6-7-19-14/h2-7,10,16H,8-9,11-12H2,1H3. The first kappa shape index (κ1) is 14.3. The number of hydrogen-bond donors (Lipinski definition) is 0. The third-order valence-corrected chi connectivity index (χ3v) is 4.31. The summed E-state index contributed by atoms with van der Waals surface area (Å²) in [6, 6.07) is 8.23. The highest BCUT2D eigenvalue weighted by Crippen LogP contribution is 2.22. The van der Waals surface area contributed by atoms with Crippen LogP contribution in [0.4, 0.5) is 0 Å². The summed E-state index contributed by atoms with van der Waals surface area (Å²) in [5.41, 5.74) is 3.10. The maximum absolute atomic E-state index is 5.85. The van der Waals surface area contributed by atoms with Gasteiger partial charge in [0.05, 0.1) is 36.1 Å². The Morgan fingerprint density at radius 1 is 1.26 bits per heavy atom. The van der Waals surface area contributed by atoms with Crippen molar-refractivity contribution < 1.29 is 4.74 Å². The third-order valence-electron chi connectivity index (χ3n) is 4.31. The van der Waals surface area contributed by atoms with Crippen LogP contribution in [0.3, 0.4) is 0 Å². The number of aromatic nitrogens is 4. The molecule has 3 heterocycles. The zero-order valence-electron chi connectivity index (χ0n) is 13.1. The minimum Gasteiger partial charge on any atom is -0.369 e. The molecule has 4 rings (SSSR count). The third kappa shape index (κ3) is 2.83. The Kier molecular flexibility index (Phi) is 3.77. The molecule has 1 aromatic carbocycles. The van der Waals surface area contributed by atoms with Gasteiger partial charge in [0, 0.05) is 32.5 Å². The van der Waals surface area contributed by atoms with Gasteiger partial charge in [-0.05, 0) is 12.1 Å². The maximum atomic E-state index is 5.85. The first-order valence-corrected chi connectivity index (χ1v) is 7.81. The fourth-order valence-electron chi connectivity index (χ4n) is 3.04. The van der Waals surface area contributed by atoms with Crippen molar-refractivity contribution in [2.75, 3.05) is 19.7 Å². The average Bonchev–Trinajstić information content (AvgIpc) is 2.92. The van der Waals surface area contributed by atoms with E-state index in [2.05, 4.69) is 38.6 Å². The molecule has 1 unspecified atom stereocenters. The molecule has 23 heavy (non-hydrogen) atoms. The molecule has 0 radical (unpaired) electrons. The summed E-state index contributed by atoms with van der Waals surface area (Å²) in [6.07, 6.45) is 5.16. The number of benzene rings is 1. The molecule has 1 atom stereocenters. The van der Waals surface area contributed by atoms with Crippen LogP contribution in [0.2, 0.25) is 0 Å². The van der Waals surface area contributed by atoms with E-state index < -0.39 is 0 Å². The molecule has 0 bridgehead atoms. The van der Waals surface area contributed by atoms with E-state index >= 15 is 0 Å². The lowest BCUT2D eigenvalue weighted by Crippen LogP contribution is -2.38. The van der Waals surface area contributed by atoms with Crippen molar-refractivity contribution in [1.29, 1.82) is 0 Å². The van der Waals surface area contributed by atoms with Crippen LogP contribution in [0.1, 0.15) is 17.6 Å². The van der Waals surface area contributed by atoms with Crippen molar-refractivity contribution in [3.8, 4) is 0 Å². The van der Waals surface area contributed by atoms with E-state index in [4.69, 9.17) is 9.72 Å². The smallest absolute Gasteiger partial charge is 0.123 e. The molecule has 0 amide bonds. The van der Waals surface area contributed by atoms with E-state index in [1.54, 1.807) is 18.6 Å². The summed E-state index contributed by atoms with van der Waals surface area (Å²) in [5, 5.41) is 0. The highest BCUT2D eigenvalue weighted by atomic mass is 16.5. The molecule has 118 valence electrons. The van der Waals surface area contributed by atoms with E-state index in [1.807, 2.05) is 12.1 Å². The van der Waals surface area contributed by atoms with Gasteiger partial charge in [-0.3, -0.25) is 14.9 Å². The molecule has 6 heteroatoms. The second-order valence-corrected chi connectivity index (χ2v) is 5.80. The molecule has 0 spiro atoms. The summed E-state index contributed by atoms with van der Waals surface area (Å²) >= 11 is 0. The largest absolute Gasteiger partial charge is 0.369 e. The predicted molar refractivity (Wildman–Crippen MR) is 86.7 cm³/mol. The Balaban J connectivity index is 1.53. The minimum absolute atomic E-state index is 0.0212. The van der Waals surface area contributed by atoms with Gasteiger partial charge in [-0.2, -0.15) is 0 Å². The average molecular weight is 309 g/mol. The Morgan fingerprint density at radius 2 is 2.17 bits per heavy atom. The van der Waals surface area contributed by atoms with Gasteiger partial charge in [0.2, 0.25) is 0 Å². The Hall–Kier alpha value is -2.31. The normalized spacial score (nSPS) is 19.3. The number of nitrogens with zero attached hydrogens (tertiary/aromatic N) is 5. The van der Waals surface area contributed by atoms with E-state index in [0.29, 0.717) is 6.61 Å². The van der Waals surface area contributed by atoms with Gasteiger partial charge in [-0.1, -0.05) is 12.1 Å². The summed E-state index contributed by atoms with van der Waals surface area (Å²) in [7, 11) is 2.07. The fourth-order valence-corrected chi connectivity index (χ4v) is 3.04. The van der Waals surface area contributed by atoms with Crippen LogP contribution >= 0.6 is 0 Å². The predicted octanol–water partition coefficient (Wildman–Crippen LogP) is 1.94. The van der Waals surface area contributed by atoms with Gasteiger partial charge in [0.1, 0.15) is 11.9 Å². The number of hydrogen-bond acceptors (Lipinski definition) is 5. The van der Waals surface area contributed by atoms with E-state index in [-0.39, 0.29) is 6.10 Å². The molecule has 0 aliphatic carbocycles. The zero-order valence-corrected chi connectivity index (χ0v) is 13.1. The number of fused-ring (bicyclic) bond motifs is 1. The summed E-state index contributed by atoms with van der Waals surface area (Å²) in [6.45, 7) is 3.22. The molecule has 6 nitrogen and oxygen atoms in total. The lowest BCUT2D eigenvalue weighted by atomic mass is 10.2. The molecular weight excluding hydrogens is 290 g/mol. The zero-order chi connectivity index (χ0) is 15.6. The van der Waals surface area contributed by atoms with Crippen LogP contribution in [0.25, 0.3) is 11.0 Å². The minimum atomic E-state index is -0.0212. The Bertz CT molecular complexity index is 801. The monoisotopic (exact) mass is 309 g/mol. The van der Waals surface area contributed by atoms with Crippen molar-refractivity contribution >= 4 is 11.0 Å². The van der Waals surface area contributed by atoms with Crippen molar-refractivity contribution in [1.82, 2.24) is 24.4 Å². The molecule has 0 saturated carbocycles. The van der Waals surface area contributed by atoms with Crippen LogP contribution in [0, 0.1) is 0 Å². The van der Waals surface area contributed by atoms with Gasteiger partial charge in [0.25, 0.3) is 0 Å². The van der Waals surface area contributed by atoms with Crippen molar-refractivity contribution in [2.24, 2.45) is 7.05 Å². The second kappa shape index (κ2) is 6.06. The summed E-state index contributed by atoms with van der Waals surface area (Å²) < 4.78 is 8.02. The van der Waals surface area contributed by atoms with Gasteiger partial charge >= 0.3 is 0 Å². The van der Waals surface area contributed by atoms with Crippen LogP contribution in [-0.2, 0) is 18.3 Å². The lowest BCUT2D eigenvalue weighted by Gasteiger charge is -2.32. The Labute approximate surface area is 134 Å². The Morgan fingerprint density at radius 3 is 3.00 bits per heavy atom. The van der Waals surface area contributed by atoms with E-state index in [1.165, 1.54) is 5.52 Å². The van der Waals surface area contributed by atoms with Gasteiger partial charge in [-0.15, -0.1) is 0 Å². The highest BCUT2D eigenvalue weighted by Gasteiger charge is 2.24. The first-order chi connectivity index (χ1) is 11.3. The van der Waals surface area contributed by atoms with Gasteiger partial charge in [-0.25, -0.2) is 4.98 Å². The van der Waals surface area contributed by atoms with E-state index in [0.717, 1.165) is 36.7 Å². The van der Waals surface area contributed by atoms with Gasteiger partial charge < -0.3 is 9.30 Å². The van der Waals surface area contributed by atoms with E-state index in [9.17, 15) is 0 Å². The molecule has 3 aromatic rings. The first-order valence-electron chi connectivity index (χ1n) is 7.81. The second-order valence-electron chi connectivity index (χ2n) is 5.80. The number of aryl methyl sites for hydroxylation is 1. The number of morpholine rings is 1. The SMILES string of the molecule is Cn1c(CN2CCOC(c3cnccn3)C2)nc2ccccc21. The van der Waals surface area contributed by atoms with Crippen LogP contribution in [0.5, 0.6) is 0 Å². The number of imidazole rings is 1. The molecule has 2 aromatic heterocycles.